The molecule has 0 saturated heterocycles. The Morgan fingerprint density at radius 1 is 0.969 bits per heavy atom. The van der Waals surface area contributed by atoms with E-state index in [-0.39, 0.29) is 17.9 Å². The molecule has 0 bridgehead atoms. The van der Waals surface area contributed by atoms with E-state index in [0.717, 1.165) is 37.9 Å². The number of carbonyl (C=O) groups is 2. The third-order valence-corrected chi connectivity index (χ3v) is 6.53. The first kappa shape index (κ1) is 30.5. The molecule has 0 rings (SSSR count). The molecule has 3 N–H and O–H groups in total. The normalized spacial score (nSPS) is 15.1. The van der Waals surface area contributed by atoms with Crippen molar-refractivity contribution in [2.45, 2.75) is 92.7 Å². The van der Waals surface area contributed by atoms with E-state index in [4.69, 9.17) is 0 Å². The van der Waals surface area contributed by atoms with Gasteiger partial charge in [-0.1, -0.05) is 55.2 Å². The molecule has 0 aliphatic heterocycles. The Kier molecular flexibility index (Phi) is 17.1. The van der Waals surface area contributed by atoms with E-state index in [1.54, 1.807) is 11.8 Å². The van der Waals surface area contributed by atoms with Crippen LogP contribution in [0, 0.1) is 5.92 Å². The molecule has 0 aliphatic rings. The number of hydrogen-bond acceptors (Lipinski definition) is 4. The van der Waals surface area contributed by atoms with Gasteiger partial charge in [0, 0.05) is 31.0 Å². The van der Waals surface area contributed by atoms with Crippen LogP contribution in [0.3, 0.4) is 0 Å². The van der Waals surface area contributed by atoms with Crippen molar-refractivity contribution in [1.82, 2.24) is 10.6 Å². The molecular formula is C26H46N2O3S. The van der Waals surface area contributed by atoms with E-state index < -0.39 is 12.0 Å². The average Bonchev–Trinajstić information content (AvgIpc) is 2.70. The number of hydrogen-bond donors (Lipinski definition) is 3. The zero-order valence-electron chi connectivity index (χ0n) is 21.3. The monoisotopic (exact) mass is 466 g/mol. The highest BCUT2D eigenvalue weighted by Crippen LogP contribution is 2.13. The molecule has 0 aromatic rings. The summed E-state index contributed by atoms with van der Waals surface area (Å²) in [6, 6.07) is -0.689. The summed E-state index contributed by atoms with van der Waals surface area (Å²) in [6.45, 7) is 14.7. The van der Waals surface area contributed by atoms with Crippen LogP contribution in [0.4, 0.5) is 0 Å². The molecule has 0 aliphatic carbocycles. The Morgan fingerprint density at radius 3 is 2.09 bits per heavy atom. The molecular weight excluding hydrogens is 420 g/mol. The third-order valence-electron chi connectivity index (χ3n) is 5.56. The van der Waals surface area contributed by atoms with Crippen LogP contribution in [-0.4, -0.2) is 47.1 Å². The Balaban J connectivity index is 4.40. The maximum atomic E-state index is 11.6. The van der Waals surface area contributed by atoms with Gasteiger partial charge in [-0.15, -0.1) is 0 Å². The number of carboxylic acid groups (broad SMARTS) is 1. The standard InChI is InChI=1S/C26H46N2O3S/c1-8-22(6)24(28-23(7)29)17-27-25(26(30)31)18-32-16-15-21(5)14-10-13-20(4)12-9-11-19(2)3/h11,13,15,22,24-25,27H,8-10,12,14,16-18H2,1-7H3,(H,28,29)(H,30,31)/b20-13+,21-15+/t22-,24+,25-/m0/s1. The highest BCUT2D eigenvalue weighted by Gasteiger charge is 2.22. The van der Waals surface area contributed by atoms with E-state index in [9.17, 15) is 14.7 Å². The molecule has 0 unspecified atom stereocenters. The average molecular weight is 467 g/mol. The van der Waals surface area contributed by atoms with Gasteiger partial charge in [-0.05, 0) is 59.3 Å². The fraction of sp³-hybridized carbons (Fsp3) is 0.692. The van der Waals surface area contributed by atoms with Crippen LogP contribution in [0.2, 0.25) is 0 Å². The second kappa shape index (κ2) is 18.0. The lowest BCUT2D eigenvalue weighted by atomic mass is 9.99. The van der Waals surface area contributed by atoms with Gasteiger partial charge < -0.3 is 15.7 Å². The second-order valence-corrected chi connectivity index (χ2v) is 10.1. The van der Waals surface area contributed by atoms with E-state index in [1.807, 2.05) is 0 Å². The lowest BCUT2D eigenvalue weighted by Crippen LogP contribution is -2.50. The van der Waals surface area contributed by atoms with Crippen LogP contribution >= 0.6 is 11.8 Å². The summed E-state index contributed by atoms with van der Waals surface area (Å²) in [5.41, 5.74) is 4.15. The zero-order valence-corrected chi connectivity index (χ0v) is 22.1. The van der Waals surface area contributed by atoms with Crippen molar-refractivity contribution in [3.63, 3.8) is 0 Å². The smallest absolute Gasteiger partial charge is 0.321 e. The summed E-state index contributed by atoms with van der Waals surface area (Å²) < 4.78 is 0. The lowest BCUT2D eigenvalue weighted by molar-refractivity contribution is -0.138. The van der Waals surface area contributed by atoms with E-state index in [0.29, 0.717) is 12.3 Å². The molecule has 1 amide bonds. The Labute approximate surface area is 200 Å². The predicted octanol–water partition coefficient (Wildman–Crippen LogP) is 5.73. The molecule has 0 fully saturated rings. The molecule has 184 valence electrons. The van der Waals surface area contributed by atoms with Crippen molar-refractivity contribution < 1.29 is 14.7 Å². The topological polar surface area (TPSA) is 78.4 Å². The quantitative estimate of drug-likeness (QED) is 0.188. The van der Waals surface area contributed by atoms with Crippen molar-refractivity contribution in [2.24, 2.45) is 5.92 Å². The number of allylic oxidation sites excluding steroid dienone is 5. The van der Waals surface area contributed by atoms with Crippen LogP contribution in [0.25, 0.3) is 0 Å². The SMILES string of the molecule is CC[C@H](C)[C@@H](CN[C@@H](CSC/C=C(\C)CC/C=C(\C)CCC=C(C)C)C(=O)O)NC(C)=O. The molecule has 0 aromatic carbocycles. The van der Waals surface area contributed by atoms with E-state index in [2.05, 4.69) is 70.4 Å². The van der Waals surface area contributed by atoms with Crippen LogP contribution < -0.4 is 10.6 Å². The van der Waals surface area contributed by atoms with Crippen molar-refractivity contribution >= 4 is 23.6 Å². The highest BCUT2D eigenvalue weighted by molar-refractivity contribution is 7.99. The zero-order chi connectivity index (χ0) is 24.5. The molecule has 0 aromatic heterocycles. The van der Waals surface area contributed by atoms with Crippen molar-refractivity contribution in [1.29, 1.82) is 0 Å². The minimum absolute atomic E-state index is 0.0648. The minimum Gasteiger partial charge on any atom is -0.480 e. The molecule has 5 nitrogen and oxygen atoms in total. The van der Waals surface area contributed by atoms with Gasteiger partial charge in [-0.25, -0.2) is 0 Å². The molecule has 32 heavy (non-hydrogen) atoms. The summed E-state index contributed by atoms with van der Waals surface area (Å²) in [7, 11) is 0. The van der Waals surface area contributed by atoms with Crippen LogP contribution in [0.15, 0.2) is 34.9 Å². The van der Waals surface area contributed by atoms with Crippen molar-refractivity contribution in [2.75, 3.05) is 18.1 Å². The number of aliphatic carboxylic acids is 1. The van der Waals surface area contributed by atoms with Gasteiger partial charge in [0.25, 0.3) is 0 Å². The maximum Gasteiger partial charge on any atom is 0.321 e. The number of carbonyl (C=O) groups excluding carboxylic acids is 1. The van der Waals surface area contributed by atoms with Gasteiger partial charge in [0.15, 0.2) is 0 Å². The predicted molar refractivity (Wildman–Crippen MR) is 139 cm³/mol. The first-order chi connectivity index (χ1) is 15.1. The molecule has 0 radical (unpaired) electrons. The number of carboxylic acids is 1. The van der Waals surface area contributed by atoms with Crippen molar-refractivity contribution in [3.05, 3.63) is 34.9 Å². The Hall–Kier alpha value is -1.53. The second-order valence-electron chi connectivity index (χ2n) is 8.99. The molecule has 6 heteroatoms. The van der Waals surface area contributed by atoms with Gasteiger partial charge >= 0.3 is 5.97 Å². The number of amides is 1. The summed E-state index contributed by atoms with van der Waals surface area (Å²) in [4.78, 5) is 23.1. The molecule has 0 spiro atoms. The van der Waals surface area contributed by atoms with E-state index in [1.165, 1.54) is 23.6 Å². The fourth-order valence-electron chi connectivity index (χ4n) is 3.15. The largest absolute Gasteiger partial charge is 0.480 e. The maximum absolute atomic E-state index is 11.6. The van der Waals surface area contributed by atoms with E-state index >= 15 is 0 Å². The fourth-order valence-corrected chi connectivity index (χ4v) is 4.19. The van der Waals surface area contributed by atoms with Crippen LogP contribution in [0.1, 0.15) is 80.6 Å². The van der Waals surface area contributed by atoms with Gasteiger partial charge in [0.05, 0.1) is 0 Å². The van der Waals surface area contributed by atoms with Gasteiger partial charge in [0.2, 0.25) is 5.91 Å². The Bertz CT molecular complexity index is 651. The number of rotatable bonds is 17. The highest BCUT2D eigenvalue weighted by atomic mass is 32.2. The summed E-state index contributed by atoms with van der Waals surface area (Å²) in [5.74, 6) is 0.648. The van der Waals surface area contributed by atoms with Gasteiger partial charge in [-0.3, -0.25) is 9.59 Å². The molecule has 3 atom stereocenters. The molecule has 0 heterocycles. The van der Waals surface area contributed by atoms with Crippen LogP contribution in [0.5, 0.6) is 0 Å². The summed E-state index contributed by atoms with van der Waals surface area (Å²) in [5, 5.41) is 15.6. The molecule has 0 saturated carbocycles. The minimum atomic E-state index is -0.849. The lowest BCUT2D eigenvalue weighted by Gasteiger charge is -2.26. The summed E-state index contributed by atoms with van der Waals surface area (Å²) in [6.07, 6.45) is 12.1. The van der Waals surface area contributed by atoms with Crippen LogP contribution in [-0.2, 0) is 9.59 Å². The van der Waals surface area contributed by atoms with Gasteiger partial charge in [0.1, 0.15) is 6.04 Å². The number of nitrogens with one attached hydrogen (secondary N) is 2. The summed E-state index contributed by atoms with van der Waals surface area (Å²) >= 11 is 1.62. The van der Waals surface area contributed by atoms with Gasteiger partial charge in [-0.2, -0.15) is 11.8 Å². The third kappa shape index (κ3) is 16.2. The first-order valence-electron chi connectivity index (χ1n) is 11.8. The number of thioether (sulfide) groups is 1. The first-order valence-corrected chi connectivity index (χ1v) is 13.0. The van der Waals surface area contributed by atoms with Crippen molar-refractivity contribution in [3.8, 4) is 0 Å². The Morgan fingerprint density at radius 2 is 1.56 bits per heavy atom.